The molecule has 0 aliphatic heterocycles. The first kappa shape index (κ1) is 10.8. The minimum atomic E-state index is 0.651. The molecule has 0 aliphatic rings. The summed E-state index contributed by atoms with van der Waals surface area (Å²) in [4.78, 5) is 0. The van der Waals surface area contributed by atoms with E-state index in [2.05, 4.69) is 22.1 Å². The predicted octanol–water partition coefficient (Wildman–Crippen LogP) is 4.67. The Morgan fingerprint density at radius 2 is 2.07 bits per heavy atom. The topological polar surface area (TPSA) is 12.0 Å². The third-order valence-corrected chi connectivity index (χ3v) is 3.27. The van der Waals surface area contributed by atoms with E-state index in [-0.39, 0.29) is 0 Å². The highest BCUT2D eigenvalue weighted by molar-refractivity contribution is 7.07. The fourth-order valence-corrected chi connectivity index (χ4v) is 2.37. The molecule has 1 heterocycles. The van der Waals surface area contributed by atoms with E-state index in [1.165, 1.54) is 5.56 Å². The molecule has 1 aromatic heterocycles. The summed E-state index contributed by atoms with van der Waals surface area (Å²) >= 11 is 13.5. The first-order valence-electron chi connectivity index (χ1n) is 4.46. The first-order valence-corrected chi connectivity index (χ1v) is 6.15. The lowest BCUT2D eigenvalue weighted by molar-refractivity contribution is 1.16. The summed E-state index contributed by atoms with van der Waals surface area (Å²) in [5.74, 6) is 0. The van der Waals surface area contributed by atoms with Crippen LogP contribution in [0.3, 0.4) is 0 Å². The molecule has 0 saturated carbocycles. The highest BCUT2D eigenvalue weighted by atomic mass is 35.5. The summed E-state index contributed by atoms with van der Waals surface area (Å²) in [6.07, 6.45) is 0. The van der Waals surface area contributed by atoms with Crippen molar-refractivity contribution in [3.8, 4) is 0 Å². The van der Waals surface area contributed by atoms with Crippen LogP contribution in [0.2, 0.25) is 10.0 Å². The van der Waals surface area contributed by atoms with Gasteiger partial charge in [-0.05, 0) is 40.6 Å². The molecule has 15 heavy (non-hydrogen) atoms. The van der Waals surface area contributed by atoms with Crippen molar-refractivity contribution in [2.45, 2.75) is 6.54 Å². The van der Waals surface area contributed by atoms with Crippen LogP contribution >= 0.6 is 34.5 Å². The van der Waals surface area contributed by atoms with Gasteiger partial charge >= 0.3 is 0 Å². The zero-order valence-electron chi connectivity index (χ0n) is 7.84. The molecular weight excluding hydrogens is 249 g/mol. The molecule has 0 atom stereocenters. The lowest BCUT2D eigenvalue weighted by atomic mass is 10.3. The van der Waals surface area contributed by atoms with Gasteiger partial charge in [0.2, 0.25) is 0 Å². The molecule has 0 spiro atoms. The molecule has 2 rings (SSSR count). The fourth-order valence-electron chi connectivity index (χ4n) is 1.22. The van der Waals surface area contributed by atoms with Crippen molar-refractivity contribution in [1.29, 1.82) is 0 Å². The molecular formula is C11H9Cl2NS. The Labute approximate surface area is 103 Å². The third kappa shape index (κ3) is 2.88. The highest BCUT2D eigenvalue weighted by Crippen LogP contribution is 2.25. The molecule has 0 unspecified atom stereocenters. The highest BCUT2D eigenvalue weighted by Gasteiger charge is 2.00. The van der Waals surface area contributed by atoms with E-state index in [0.717, 1.165) is 12.2 Å². The van der Waals surface area contributed by atoms with Gasteiger partial charge in [-0.3, -0.25) is 0 Å². The maximum Gasteiger partial charge on any atom is 0.0652 e. The Morgan fingerprint density at radius 1 is 1.20 bits per heavy atom. The molecule has 0 saturated heterocycles. The van der Waals surface area contributed by atoms with Gasteiger partial charge in [0.1, 0.15) is 0 Å². The molecule has 4 heteroatoms. The number of benzene rings is 1. The van der Waals surface area contributed by atoms with Crippen molar-refractivity contribution in [3.05, 3.63) is 50.6 Å². The van der Waals surface area contributed by atoms with Gasteiger partial charge in [0.25, 0.3) is 0 Å². The van der Waals surface area contributed by atoms with Gasteiger partial charge in [-0.15, -0.1) is 0 Å². The van der Waals surface area contributed by atoms with Crippen LogP contribution in [0, 0.1) is 0 Å². The molecule has 78 valence electrons. The molecule has 2 aromatic rings. The Bertz CT molecular complexity index is 440. The van der Waals surface area contributed by atoms with Gasteiger partial charge in [0.15, 0.2) is 0 Å². The normalized spacial score (nSPS) is 10.3. The van der Waals surface area contributed by atoms with E-state index < -0.39 is 0 Å². The summed E-state index contributed by atoms with van der Waals surface area (Å²) in [6, 6.07) is 7.53. The van der Waals surface area contributed by atoms with E-state index in [1.807, 2.05) is 12.1 Å². The van der Waals surface area contributed by atoms with E-state index in [4.69, 9.17) is 23.2 Å². The molecule has 1 nitrogen and oxygen atoms in total. The van der Waals surface area contributed by atoms with Gasteiger partial charge in [-0.2, -0.15) is 11.3 Å². The maximum absolute atomic E-state index is 6.03. The van der Waals surface area contributed by atoms with Crippen LogP contribution in [0.4, 0.5) is 5.69 Å². The van der Waals surface area contributed by atoms with Crippen molar-refractivity contribution in [2.24, 2.45) is 0 Å². The molecule has 0 fully saturated rings. The summed E-state index contributed by atoms with van der Waals surface area (Å²) in [6.45, 7) is 0.783. The van der Waals surface area contributed by atoms with E-state index >= 15 is 0 Å². The van der Waals surface area contributed by atoms with Gasteiger partial charge in [-0.25, -0.2) is 0 Å². The summed E-state index contributed by atoms with van der Waals surface area (Å²) in [5.41, 5.74) is 2.17. The summed E-state index contributed by atoms with van der Waals surface area (Å²) < 4.78 is 0. The second-order valence-electron chi connectivity index (χ2n) is 3.11. The number of nitrogens with one attached hydrogen (secondary N) is 1. The average Bonchev–Trinajstić information content (AvgIpc) is 2.69. The second-order valence-corrected chi connectivity index (χ2v) is 4.73. The van der Waals surface area contributed by atoms with Gasteiger partial charge < -0.3 is 5.32 Å². The Hall–Kier alpha value is -0.700. The number of thiophene rings is 1. The SMILES string of the molecule is Clc1ccc(NCc2ccsc2)c(Cl)c1. The van der Waals surface area contributed by atoms with Crippen molar-refractivity contribution < 1.29 is 0 Å². The van der Waals surface area contributed by atoms with Gasteiger partial charge in [-0.1, -0.05) is 23.2 Å². The van der Waals surface area contributed by atoms with Gasteiger partial charge in [0, 0.05) is 11.6 Å². The monoisotopic (exact) mass is 257 g/mol. The largest absolute Gasteiger partial charge is 0.380 e. The average molecular weight is 258 g/mol. The molecule has 0 aliphatic carbocycles. The molecule has 0 amide bonds. The van der Waals surface area contributed by atoms with Crippen LogP contribution in [0.1, 0.15) is 5.56 Å². The number of anilines is 1. The molecule has 0 bridgehead atoms. The van der Waals surface area contributed by atoms with E-state index in [9.17, 15) is 0 Å². The number of hydrogen-bond acceptors (Lipinski definition) is 2. The van der Waals surface area contributed by atoms with E-state index in [0.29, 0.717) is 10.0 Å². The fraction of sp³-hybridized carbons (Fsp3) is 0.0909. The van der Waals surface area contributed by atoms with Crippen LogP contribution < -0.4 is 5.32 Å². The number of rotatable bonds is 3. The quantitative estimate of drug-likeness (QED) is 0.843. The summed E-state index contributed by atoms with van der Waals surface area (Å²) in [7, 11) is 0. The van der Waals surface area contributed by atoms with Crippen molar-refractivity contribution in [3.63, 3.8) is 0 Å². The number of halogens is 2. The van der Waals surface area contributed by atoms with Crippen LogP contribution in [-0.4, -0.2) is 0 Å². The Kier molecular flexibility index (Phi) is 3.52. The van der Waals surface area contributed by atoms with Gasteiger partial charge in [0.05, 0.1) is 10.7 Å². The Balaban J connectivity index is 2.05. The van der Waals surface area contributed by atoms with E-state index in [1.54, 1.807) is 17.4 Å². The zero-order valence-corrected chi connectivity index (χ0v) is 10.2. The standard InChI is InChI=1S/C11H9Cl2NS/c12-9-1-2-11(10(13)5-9)14-6-8-3-4-15-7-8/h1-5,7,14H,6H2. The summed E-state index contributed by atoms with van der Waals surface area (Å²) in [5, 5.41) is 8.73. The van der Waals surface area contributed by atoms with Crippen LogP contribution in [0.15, 0.2) is 35.0 Å². The maximum atomic E-state index is 6.03. The smallest absolute Gasteiger partial charge is 0.0652 e. The Morgan fingerprint density at radius 3 is 2.73 bits per heavy atom. The van der Waals surface area contributed by atoms with Crippen molar-refractivity contribution >= 4 is 40.2 Å². The molecule has 1 aromatic carbocycles. The lowest BCUT2D eigenvalue weighted by Crippen LogP contribution is -1.98. The molecule has 1 N–H and O–H groups in total. The number of hydrogen-bond donors (Lipinski definition) is 1. The predicted molar refractivity (Wildman–Crippen MR) is 68.1 cm³/mol. The second kappa shape index (κ2) is 4.88. The van der Waals surface area contributed by atoms with Crippen LogP contribution in [0.25, 0.3) is 0 Å². The van der Waals surface area contributed by atoms with Crippen LogP contribution in [0.5, 0.6) is 0 Å². The van der Waals surface area contributed by atoms with Crippen molar-refractivity contribution in [2.75, 3.05) is 5.32 Å². The first-order chi connectivity index (χ1) is 7.25. The van der Waals surface area contributed by atoms with Crippen LogP contribution in [-0.2, 0) is 6.54 Å². The molecule has 0 radical (unpaired) electrons. The lowest BCUT2D eigenvalue weighted by Gasteiger charge is -2.07. The zero-order chi connectivity index (χ0) is 10.7. The minimum absolute atomic E-state index is 0.651. The minimum Gasteiger partial charge on any atom is -0.380 e. The third-order valence-electron chi connectivity index (χ3n) is 1.99. The van der Waals surface area contributed by atoms with Crippen molar-refractivity contribution in [1.82, 2.24) is 0 Å².